The fourth-order valence-electron chi connectivity index (χ4n) is 3.29. The fourth-order valence-corrected chi connectivity index (χ4v) is 3.29. The lowest BCUT2D eigenvalue weighted by atomic mass is 10.1. The Bertz CT molecular complexity index is 887. The molecule has 0 aliphatic carbocycles. The van der Waals surface area contributed by atoms with Crippen molar-refractivity contribution in [1.82, 2.24) is 29.8 Å². The van der Waals surface area contributed by atoms with Crippen LogP contribution in [-0.4, -0.2) is 61.9 Å². The Kier molecular flexibility index (Phi) is 4.97. The third kappa shape index (κ3) is 4.06. The first-order valence-electron chi connectivity index (χ1n) is 9.10. The van der Waals surface area contributed by atoms with Gasteiger partial charge in [-0.2, -0.15) is 5.10 Å². The van der Waals surface area contributed by atoms with Crippen molar-refractivity contribution in [3.05, 3.63) is 60.1 Å². The van der Waals surface area contributed by atoms with E-state index in [4.69, 9.17) is 4.42 Å². The quantitative estimate of drug-likeness (QED) is 0.702. The van der Waals surface area contributed by atoms with E-state index >= 15 is 0 Å². The molecule has 0 spiro atoms. The van der Waals surface area contributed by atoms with Crippen LogP contribution in [0.1, 0.15) is 28.6 Å². The molecule has 1 aliphatic heterocycles. The summed E-state index contributed by atoms with van der Waals surface area (Å²) < 4.78 is 7.24. The van der Waals surface area contributed by atoms with Crippen LogP contribution in [0.15, 0.2) is 47.1 Å². The first-order chi connectivity index (χ1) is 13.2. The van der Waals surface area contributed by atoms with E-state index in [1.165, 1.54) is 0 Å². The number of carbonyl (C=O) groups is 1. The maximum Gasteiger partial charge on any atom is 0.253 e. The first-order valence-corrected chi connectivity index (χ1v) is 9.10. The smallest absolute Gasteiger partial charge is 0.253 e. The van der Waals surface area contributed by atoms with Crippen molar-refractivity contribution >= 4 is 5.91 Å². The molecule has 0 radical (unpaired) electrons. The summed E-state index contributed by atoms with van der Waals surface area (Å²) in [4.78, 5) is 17.0. The standard InChI is InChI=1S/C19H22N6O2/c1-15-21-22-18(27-15)14-23-9-3-10-24(13-12-23)19(26)16-4-6-17(7-5-16)25-11-2-8-20-25/h2,4-8,11H,3,9-10,12-14H2,1H3. The SMILES string of the molecule is Cc1nnc(CN2CCCN(C(=O)c3ccc(-n4cccn4)cc3)CC2)o1. The Labute approximate surface area is 157 Å². The molecule has 3 heterocycles. The number of hydrogen-bond acceptors (Lipinski definition) is 6. The Hall–Kier alpha value is -3.00. The second-order valence-corrected chi connectivity index (χ2v) is 6.63. The van der Waals surface area contributed by atoms with Gasteiger partial charge in [0.15, 0.2) is 0 Å². The number of amides is 1. The molecule has 140 valence electrons. The Balaban J connectivity index is 1.37. The number of aryl methyl sites for hydroxylation is 1. The van der Waals surface area contributed by atoms with Gasteiger partial charge in [0, 0.05) is 51.1 Å². The van der Waals surface area contributed by atoms with Crippen LogP contribution in [0, 0.1) is 6.92 Å². The third-order valence-corrected chi connectivity index (χ3v) is 4.69. The number of rotatable bonds is 4. The summed E-state index contributed by atoms with van der Waals surface area (Å²) in [5.41, 5.74) is 1.64. The van der Waals surface area contributed by atoms with Gasteiger partial charge in [-0.15, -0.1) is 10.2 Å². The molecule has 1 aliphatic rings. The van der Waals surface area contributed by atoms with Crippen molar-refractivity contribution in [2.24, 2.45) is 0 Å². The van der Waals surface area contributed by atoms with Gasteiger partial charge in [0.2, 0.25) is 11.8 Å². The number of aromatic nitrogens is 4. The zero-order valence-corrected chi connectivity index (χ0v) is 15.3. The molecule has 1 amide bonds. The first kappa shape index (κ1) is 17.4. The summed E-state index contributed by atoms with van der Waals surface area (Å²) in [7, 11) is 0. The molecule has 0 N–H and O–H groups in total. The van der Waals surface area contributed by atoms with Gasteiger partial charge in [-0.05, 0) is 36.8 Å². The molecule has 4 rings (SSSR count). The number of carbonyl (C=O) groups excluding carboxylic acids is 1. The predicted octanol–water partition coefficient (Wildman–Crippen LogP) is 1.91. The van der Waals surface area contributed by atoms with Crippen molar-refractivity contribution in [2.45, 2.75) is 19.9 Å². The van der Waals surface area contributed by atoms with E-state index in [0.29, 0.717) is 30.4 Å². The molecule has 1 saturated heterocycles. The van der Waals surface area contributed by atoms with Crippen molar-refractivity contribution in [1.29, 1.82) is 0 Å². The molecule has 0 saturated carbocycles. The highest BCUT2D eigenvalue weighted by Crippen LogP contribution is 2.14. The number of nitrogens with zero attached hydrogens (tertiary/aromatic N) is 6. The summed E-state index contributed by atoms with van der Waals surface area (Å²) in [6, 6.07) is 9.44. The Morgan fingerprint density at radius 2 is 1.96 bits per heavy atom. The van der Waals surface area contributed by atoms with E-state index in [9.17, 15) is 4.79 Å². The van der Waals surface area contributed by atoms with Gasteiger partial charge in [-0.25, -0.2) is 4.68 Å². The Morgan fingerprint density at radius 1 is 1.11 bits per heavy atom. The molecular formula is C19H22N6O2. The highest BCUT2D eigenvalue weighted by molar-refractivity contribution is 5.94. The van der Waals surface area contributed by atoms with Crippen molar-refractivity contribution in [2.75, 3.05) is 26.2 Å². The molecule has 8 nitrogen and oxygen atoms in total. The summed E-state index contributed by atoms with van der Waals surface area (Å²) >= 11 is 0. The third-order valence-electron chi connectivity index (χ3n) is 4.69. The molecule has 27 heavy (non-hydrogen) atoms. The van der Waals surface area contributed by atoms with Crippen LogP contribution in [0.5, 0.6) is 0 Å². The number of hydrogen-bond donors (Lipinski definition) is 0. The van der Waals surface area contributed by atoms with E-state index in [2.05, 4.69) is 20.2 Å². The molecule has 1 aromatic carbocycles. The average Bonchev–Trinajstić information content (AvgIpc) is 3.30. The number of benzene rings is 1. The largest absolute Gasteiger partial charge is 0.424 e. The zero-order chi connectivity index (χ0) is 18.6. The fraction of sp³-hybridized carbons (Fsp3) is 0.368. The molecule has 0 unspecified atom stereocenters. The predicted molar refractivity (Wildman–Crippen MR) is 98.4 cm³/mol. The second-order valence-electron chi connectivity index (χ2n) is 6.63. The lowest BCUT2D eigenvalue weighted by Gasteiger charge is -2.21. The summed E-state index contributed by atoms with van der Waals surface area (Å²) in [6.07, 6.45) is 4.53. The molecule has 8 heteroatoms. The highest BCUT2D eigenvalue weighted by atomic mass is 16.4. The van der Waals surface area contributed by atoms with Crippen LogP contribution >= 0.6 is 0 Å². The van der Waals surface area contributed by atoms with Gasteiger partial charge in [0.1, 0.15) is 0 Å². The lowest BCUT2D eigenvalue weighted by Crippen LogP contribution is -2.35. The molecule has 0 atom stereocenters. The van der Waals surface area contributed by atoms with E-state index in [1.807, 2.05) is 41.4 Å². The summed E-state index contributed by atoms with van der Waals surface area (Å²) in [5.74, 6) is 1.27. The second kappa shape index (κ2) is 7.71. The topological polar surface area (TPSA) is 80.3 Å². The molecule has 3 aromatic rings. The van der Waals surface area contributed by atoms with Crippen molar-refractivity contribution in [3.8, 4) is 5.69 Å². The van der Waals surface area contributed by atoms with Gasteiger partial charge in [0.25, 0.3) is 5.91 Å². The maximum atomic E-state index is 12.9. The van der Waals surface area contributed by atoms with Gasteiger partial charge >= 0.3 is 0 Å². The van der Waals surface area contributed by atoms with Gasteiger partial charge in [0.05, 0.1) is 12.2 Å². The zero-order valence-electron chi connectivity index (χ0n) is 15.3. The minimum Gasteiger partial charge on any atom is -0.424 e. The van der Waals surface area contributed by atoms with Crippen LogP contribution in [0.3, 0.4) is 0 Å². The van der Waals surface area contributed by atoms with E-state index in [0.717, 1.165) is 31.7 Å². The monoisotopic (exact) mass is 366 g/mol. The van der Waals surface area contributed by atoms with Gasteiger partial charge in [-0.3, -0.25) is 9.69 Å². The van der Waals surface area contributed by atoms with Crippen LogP contribution in [-0.2, 0) is 6.54 Å². The lowest BCUT2D eigenvalue weighted by molar-refractivity contribution is 0.0760. The summed E-state index contributed by atoms with van der Waals surface area (Å²) in [6.45, 7) is 5.55. The van der Waals surface area contributed by atoms with Crippen LogP contribution in [0.4, 0.5) is 0 Å². The maximum absolute atomic E-state index is 12.9. The average molecular weight is 366 g/mol. The molecule has 0 bridgehead atoms. The summed E-state index contributed by atoms with van der Waals surface area (Å²) in [5, 5.41) is 12.1. The van der Waals surface area contributed by atoms with Gasteiger partial charge < -0.3 is 9.32 Å². The van der Waals surface area contributed by atoms with Gasteiger partial charge in [-0.1, -0.05) is 0 Å². The van der Waals surface area contributed by atoms with Crippen LogP contribution in [0.25, 0.3) is 5.69 Å². The molecule has 2 aromatic heterocycles. The van der Waals surface area contributed by atoms with Crippen molar-refractivity contribution in [3.63, 3.8) is 0 Å². The molecular weight excluding hydrogens is 344 g/mol. The highest BCUT2D eigenvalue weighted by Gasteiger charge is 2.21. The van der Waals surface area contributed by atoms with E-state index < -0.39 is 0 Å². The van der Waals surface area contributed by atoms with Crippen molar-refractivity contribution < 1.29 is 9.21 Å². The normalized spacial score (nSPS) is 15.7. The molecule has 1 fully saturated rings. The minimum atomic E-state index is 0.0671. The van der Waals surface area contributed by atoms with E-state index in [-0.39, 0.29) is 5.91 Å². The van der Waals surface area contributed by atoms with Crippen LogP contribution < -0.4 is 0 Å². The van der Waals surface area contributed by atoms with E-state index in [1.54, 1.807) is 17.8 Å². The minimum absolute atomic E-state index is 0.0671. The van der Waals surface area contributed by atoms with Crippen LogP contribution in [0.2, 0.25) is 0 Å². The Morgan fingerprint density at radius 3 is 2.67 bits per heavy atom.